The summed E-state index contributed by atoms with van der Waals surface area (Å²) in [4.78, 5) is 25.6. The van der Waals surface area contributed by atoms with Gasteiger partial charge in [0.1, 0.15) is 12.1 Å². The van der Waals surface area contributed by atoms with Gasteiger partial charge in [-0.3, -0.25) is 9.59 Å². The molecule has 2 N–H and O–H groups in total. The van der Waals surface area contributed by atoms with E-state index >= 15 is 0 Å². The second-order valence-corrected chi connectivity index (χ2v) is 7.37. The number of alkyl halides is 1. The Bertz CT molecular complexity index is 1110. The lowest BCUT2D eigenvalue weighted by Gasteiger charge is -2.20. The van der Waals surface area contributed by atoms with Crippen LogP contribution in [-0.4, -0.2) is 23.9 Å². The van der Waals surface area contributed by atoms with E-state index in [0.717, 1.165) is 21.9 Å². The van der Waals surface area contributed by atoms with Crippen molar-refractivity contribution in [1.82, 2.24) is 10.6 Å². The number of hydrogen-bond donors (Lipinski definition) is 2. The van der Waals surface area contributed by atoms with Crippen molar-refractivity contribution in [3.63, 3.8) is 0 Å². The summed E-state index contributed by atoms with van der Waals surface area (Å²) in [7, 11) is 0. The summed E-state index contributed by atoms with van der Waals surface area (Å²) in [5, 5.41) is 16.6. The van der Waals surface area contributed by atoms with E-state index in [9.17, 15) is 9.59 Å². The number of amides is 2. The molecule has 3 aromatic rings. The molecule has 0 aliphatic rings. The Labute approximate surface area is 180 Å². The summed E-state index contributed by atoms with van der Waals surface area (Å²) < 4.78 is 0. The summed E-state index contributed by atoms with van der Waals surface area (Å²) in [5.74, 6) is -0.478. The zero-order valence-corrected chi connectivity index (χ0v) is 17.3. The standard InChI is InChI=1S/C24H22ClN3O2/c1-16(15-26)27-24(30)22(28-23(29)21-8-4-5-18(12-21)14-25)13-17-9-10-19-6-2-3-7-20(19)11-17/h2-12,16,22H,13-14H2,1H3,(H,27,30)(H,28,29). The van der Waals surface area contributed by atoms with Crippen LogP contribution in [0.4, 0.5) is 0 Å². The van der Waals surface area contributed by atoms with Gasteiger partial charge in [0.15, 0.2) is 0 Å². The highest BCUT2D eigenvalue weighted by Crippen LogP contribution is 2.17. The summed E-state index contributed by atoms with van der Waals surface area (Å²) in [6.45, 7) is 1.59. The predicted octanol–water partition coefficient (Wildman–Crippen LogP) is 3.95. The fourth-order valence-corrected chi connectivity index (χ4v) is 3.36. The number of nitrogens with one attached hydrogen (secondary N) is 2. The second kappa shape index (κ2) is 9.91. The van der Waals surface area contributed by atoms with Gasteiger partial charge in [0.25, 0.3) is 5.91 Å². The monoisotopic (exact) mass is 419 g/mol. The molecular formula is C24H22ClN3O2. The highest BCUT2D eigenvalue weighted by atomic mass is 35.5. The summed E-state index contributed by atoms with van der Waals surface area (Å²) in [6, 6.07) is 21.3. The number of nitrogens with zero attached hydrogens (tertiary/aromatic N) is 1. The molecule has 0 aliphatic heterocycles. The lowest BCUT2D eigenvalue weighted by atomic mass is 10.0. The number of nitriles is 1. The molecular weight excluding hydrogens is 398 g/mol. The van der Waals surface area contributed by atoms with Crippen molar-refractivity contribution in [2.75, 3.05) is 0 Å². The van der Waals surface area contributed by atoms with Crippen molar-refractivity contribution in [3.05, 3.63) is 83.4 Å². The predicted molar refractivity (Wildman–Crippen MR) is 118 cm³/mol. The lowest BCUT2D eigenvalue weighted by Crippen LogP contribution is -2.50. The topological polar surface area (TPSA) is 82.0 Å². The molecule has 0 heterocycles. The van der Waals surface area contributed by atoms with Gasteiger partial charge in [0.2, 0.25) is 5.91 Å². The average Bonchev–Trinajstić information content (AvgIpc) is 2.78. The van der Waals surface area contributed by atoms with Crippen molar-refractivity contribution < 1.29 is 9.59 Å². The van der Waals surface area contributed by atoms with Crippen molar-refractivity contribution in [1.29, 1.82) is 5.26 Å². The first-order valence-electron chi connectivity index (χ1n) is 9.63. The smallest absolute Gasteiger partial charge is 0.251 e. The quantitative estimate of drug-likeness (QED) is 0.569. The molecule has 0 radical (unpaired) electrons. The summed E-state index contributed by atoms with van der Waals surface area (Å²) in [5.41, 5.74) is 2.16. The number of carbonyl (C=O) groups is 2. The number of rotatable bonds is 7. The second-order valence-electron chi connectivity index (χ2n) is 7.11. The third kappa shape index (κ3) is 5.37. The van der Waals surface area contributed by atoms with E-state index in [1.807, 2.05) is 54.6 Å². The Morgan fingerprint density at radius 2 is 1.73 bits per heavy atom. The molecule has 5 nitrogen and oxygen atoms in total. The number of hydrogen-bond acceptors (Lipinski definition) is 3. The molecule has 2 amide bonds. The molecule has 30 heavy (non-hydrogen) atoms. The van der Waals surface area contributed by atoms with Crippen LogP contribution >= 0.6 is 11.6 Å². The fourth-order valence-electron chi connectivity index (χ4n) is 3.19. The molecule has 0 aromatic heterocycles. The molecule has 2 unspecified atom stereocenters. The minimum Gasteiger partial charge on any atom is -0.340 e. The summed E-state index contributed by atoms with van der Waals surface area (Å²) >= 11 is 5.86. The van der Waals surface area contributed by atoms with Crippen LogP contribution in [0.15, 0.2) is 66.7 Å². The maximum Gasteiger partial charge on any atom is 0.251 e. The van der Waals surface area contributed by atoms with E-state index < -0.39 is 18.0 Å². The molecule has 2 atom stereocenters. The number of halogens is 1. The third-order valence-corrected chi connectivity index (χ3v) is 5.08. The maximum atomic E-state index is 12.8. The van der Waals surface area contributed by atoms with E-state index in [-0.39, 0.29) is 5.91 Å². The highest BCUT2D eigenvalue weighted by Gasteiger charge is 2.23. The molecule has 0 saturated carbocycles. The first-order valence-corrected chi connectivity index (χ1v) is 10.2. The zero-order valence-electron chi connectivity index (χ0n) is 16.6. The highest BCUT2D eigenvalue weighted by molar-refractivity contribution is 6.17. The molecule has 0 saturated heterocycles. The zero-order chi connectivity index (χ0) is 21.5. The Balaban J connectivity index is 1.84. The van der Waals surface area contributed by atoms with Crippen LogP contribution < -0.4 is 10.6 Å². The Hall–Kier alpha value is -3.36. The van der Waals surface area contributed by atoms with Crippen molar-refractivity contribution in [2.45, 2.75) is 31.3 Å². The van der Waals surface area contributed by atoms with Crippen LogP contribution in [0.3, 0.4) is 0 Å². The Morgan fingerprint density at radius 3 is 2.47 bits per heavy atom. The van der Waals surface area contributed by atoms with E-state index in [1.165, 1.54) is 0 Å². The van der Waals surface area contributed by atoms with Gasteiger partial charge in [-0.05, 0) is 41.0 Å². The minimum absolute atomic E-state index is 0.293. The van der Waals surface area contributed by atoms with Gasteiger partial charge in [0, 0.05) is 17.9 Å². The third-order valence-electron chi connectivity index (χ3n) is 4.77. The van der Waals surface area contributed by atoms with Crippen LogP contribution in [-0.2, 0) is 17.1 Å². The van der Waals surface area contributed by atoms with E-state index in [0.29, 0.717) is 17.9 Å². The SMILES string of the molecule is CC(C#N)NC(=O)C(Cc1ccc2ccccc2c1)NC(=O)c1cccc(CCl)c1. The van der Waals surface area contributed by atoms with Gasteiger partial charge in [-0.15, -0.1) is 11.6 Å². The molecule has 0 spiro atoms. The first kappa shape index (κ1) is 21.4. The molecule has 3 rings (SSSR count). The van der Waals surface area contributed by atoms with Crippen LogP contribution in [0.2, 0.25) is 0 Å². The normalized spacial score (nSPS) is 12.6. The maximum absolute atomic E-state index is 12.8. The van der Waals surface area contributed by atoms with Crippen molar-refractivity contribution in [3.8, 4) is 6.07 Å². The van der Waals surface area contributed by atoms with Crippen molar-refractivity contribution >= 4 is 34.2 Å². The average molecular weight is 420 g/mol. The van der Waals surface area contributed by atoms with E-state index in [1.54, 1.807) is 25.1 Å². The van der Waals surface area contributed by atoms with Crippen LogP contribution in [0, 0.1) is 11.3 Å². The van der Waals surface area contributed by atoms with Crippen LogP contribution in [0.1, 0.15) is 28.4 Å². The lowest BCUT2D eigenvalue weighted by molar-refractivity contribution is -0.123. The molecule has 6 heteroatoms. The van der Waals surface area contributed by atoms with Crippen LogP contribution in [0.25, 0.3) is 10.8 Å². The van der Waals surface area contributed by atoms with Gasteiger partial charge >= 0.3 is 0 Å². The number of fused-ring (bicyclic) bond motifs is 1. The Morgan fingerprint density at radius 1 is 0.967 bits per heavy atom. The fraction of sp³-hybridized carbons (Fsp3) is 0.208. The summed E-state index contributed by atoms with van der Waals surface area (Å²) in [6.07, 6.45) is 0.301. The first-order chi connectivity index (χ1) is 14.5. The van der Waals surface area contributed by atoms with E-state index in [2.05, 4.69) is 10.6 Å². The molecule has 0 fully saturated rings. The number of carbonyl (C=O) groups excluding carboxylic acids is 2. The minimum atomic E-state index is -0.825. The molecule has 152 valence electrons. The van der Waals surface area contributed by atoms with Gasteiger partial charge in [-0.2, -0.15) is 5.26 Å². The Kier molecular flexibility index (Phi) is 7.05. The van der Waals surface area contributed by atoms with Gasteiger partial charge in [-0.25, -0.2) is 0 Å². The largest absolute Gasteiger partial charge is 0.340 e. The van der Waals surface area contributed by atoms with Gasteiger partial charge in [0.05, 0.1) is 6.07 Å². The molecule has 0 bridgehead atoms. The van der Waals surface area contributed by atoms with Crippen LogP contribution in [0.5, 0.6) is 0 Å². The molecule has 0 aliphatic carbocycles. The van der Waals surface area contributed by atoms with Gasteiger partial charge in [-0.1, -0.05) is 54.6 Å². The van der Waals surface area contributed by atoms with Gasteiger partial charge < -0.3 is 10.6 Å². The number of benzene rings is 3. The van der Waals surface area contributed by atoms with E-state index in [4.69, 9.17) is 16.9 Å². The van der Waals surface area contributed by atoms with Crippen molar-refractivity contribution in [2.24, 2.45) is 0 Å². The molecule has 3 aromatic carbocycles.